The fourth-order valence-electron chi connectivity index (χ4n) is 2.78. The molecule has 0 aliphatic carbocycles. The van der Waals surface area contributed by atoms with Crippen LogP contribution in [0.2, 0.25) is 0 Å². The molecule has 1 saturated heterocycles. The van der Waals surface area contributed by atoms with Crippen molar-refractivity contribution in [1.29, 1.82) is 0 Å². The van der Waals surface area contributed by atoms with E-state index in [-0.39, 0.29) is 8.23 Å². The lowest BCUT2D eigenvalue weighted by Gasteiger charge is -2.32. The third-order valence-corrected chi connectivity index (χ3v) is 9.39. The van der Waals surface area contributed by atoms with Gasteiger partial charge in [-0.1, -0.05) is 30.2 Å². The molecular weight excluding hydrogens is 595 g/mol. The zero-order valence-electron chi connectivity index (χ0n) is 14.8. The van der Waals surface area contributed by atoms with Crippen molar-refractivity contribution in [2.24, 2.45) is 0 Å². The van der Waals surface area contributed by atoms with Crippen molar-refractivity contribution in [2.75, 3.05) is 0 Å². The second-order valence-corrected chi connectivity index (χ2v) is 24.7. The maximum atomic E-state index is 14.6. The van der Waals surface area contributed by atoms with Gasteiger partial charge in [-0.25, -0.2) is 4.39 Å². The van der Waals surface area contributed by atoms with E-state index in [4.69, 9.17) is 9.31 Å². The summed E-state index contributed by atoms with van der Waals surface area (Å²) in [5.41, 5.74) is 0.325. The Kier molecular flexibility index (Phi) is 6.53. The van der Waals surface area contributed by atoms with Gasteiger partial charge in [0, 0.05) is 5.39 Å². The van der Waals surface area contributed by atoms with Crippen molar-refractivity contribution in [3.8, 4) is 11.2 Å². The van der Waals surface area contributed by atoms with Crippen LogP contribution in [0.3, 0.4) is 0 Å². The molecular formula is C18H17BFI2O2PS. The Morgan fingerprint density at radius 2 is 1.73 bits per heavy atom. The van der Waals surface area contributed by atoms with Crippen LogP contribution in [0.4, 0.5) is 4.39 Å². The minimum absolute atomic E-state index is 0.280. The third-order valence-electron chi connectivity index (χ3n) is 4.82. The van der Waals surface area contributed by atoms with E-state index in [2.05, 4.69) is 55.3 Å². The Morgan fingerprint density at radius 1 is 1.08 bits per heavy atom. The predicted molar refractivity (Wildman–Crippen MR) is 129 cm³/mol. The maximum Gasteiger partial charge on any atom is 0.495 e. The normalized spacial score (nSPS) is 18.2. The fraction of sp³-hybridized carbons (Fsp3) is 0.333. The first-order valence-electron chi connectivity index (χ1n) is 7.99. The van der Waals surface area contributed by atoms with Gasteiger partial charge in [0.15, 0.2) is 0 Å². The SMILES string of the molecule is CC1(C)OB(c2cccc3ccc(F)c(C#CSP(I)I)c23)OC1(C)C. The zero-order valence-corrected chi connectivity index (χ0v) is 20.8. The fourth-order valence-corrected chi connectivity index (χ4v) is 5.11. The monoisotopic (exact) mass is 612 g/mol. The van der Waals surface area contributed by atoms with E-state index in [1.165, 1.54) is 17.4 Å². The largest absolute Gasteiger partial charge is 0.495 e. The molecule has 0 aromatic heterocycles. The molecule has 0 N–H and O–H groups in total. The highest BCUT2D eigenvalue weighted by molar-refractivity contribution is 14.3. The van der Waals surface area contributed by atoms with Crippen LogP contribution in [0, 0.1) is 17.0 Å². The van der Waals surface area contributed by atoms with Gasteiger partial charge < -0.3 is 9.31 Å². The molecule has 0 radical (unpaired) electrons. The molecule has 0 bridgehead atoms. The standard InChI is InChI=1S/C18H17BFI2O2PS/c1-17(2)18(3,4)24-19(23-17)14-7-5-6-12-8-9-15(20)13(16(12)14)10-11-26-25(21)22/h5-9H,1-4H3. The molecule has 2 aromatic carbocycles. The van der Waals surface area contributed by atoms with Crippen LogP contribution in [0.15, 0.2) is 30.3 Å². The van der Waals surface area contributed by atoms with Crippen molar-refractivity contribution in [2.45, 2.75) is 38.9 Å². The molecule has 1 aliphatic rings. The van der Waals surface area contributed by atoms with Gasteiger partial charge in [-0.3, -0.25) is 0 Å². The number of fused-ring (bicyclic) bond motifs is 1. The summed E-state index contributed by atoms with van der Waals surface area (Å²) in [5, 5.41) is 4.74. The minimum atomic E-state index is -0.551. The van der Waals surface area contributed by atoms with E-state index >= 15 is 0 Å². The van der Waals surface area contributed by atoms with E-state index in [1.54, 1.807) is 6.07 Å². The second kappa shape index (κ2) is 8.04. The highest BCUT2D eigenvalue weighted by Crippen LogP contribution is 2.64. The maximum absolute atomic E-state index is 14.6. The van der Waals surface area contributed by atoms with Gasteiger partial charge in [0.25, 0.3) is 0 Å². The lowest BCUT2D eigenvalue weighted by Crippen LogP contribution is -2.41. The summed E-state index contributed by atoms with van der Waals surface area (Å²) >= 11 is 6.20. The number of halogens is 3. The molecule has 0 amide bonds. The van der Waals surface area contributed by atoms with Gasteiger partial charge in [0.2, 0.25) is 0 Å². The first-order chi connectivity index (χ1) is 12.1. The van der Waals surface area contributed by atoms with Crippen molar-refractivity contribution in [3.05, 3.63) is 41.7 Å². The molecule has 2 aromatic rings. The number of benzene rings is 2. The first-order valence-corrected chi connectivity index (χ1v) is 16.3. The number of hydrogen-bond donors (Lipinski definition) is 0. The van der Waals surface area contributed by atoms with Crippen LogP contribution < -0.4 is 5.46 Å². The Bertz CT molecular complexity index is 895. The molecule has 136 valence electrons. The summed E-state index contributed by atoms with van der Waals surface area (Å²) in [4.78, 5) is 0. The predicted octanol–water partition coefficient (Wildman–Crippen LogP) is 6.42. The Labute approximate surface area is 185 Å². The molecule has 0 unspecified atom stereocenters. The number of rotatable bonds is 2. The minimum Gasteiger partial charge on any atom is -0.399 e. The van der Waals surface area contributed by atoms with Crippen LogP contribution >= 0.6 is 57.9 Å². The lowest BCUT2D eigenvalue weighted by atomic mass is 9.75. The molecule has 0 saturated carbocycles. The van der Waals surface area contributed by atoms with Crippen molar-refractivity contribution in [3.63, 3.8) is 0 Å². The Hall–Kier alpha value is 0.415. The Morgan fingerprint density at radius 3 is 2.35 bits per heavy atom. The average molecular weight is 612 g/mol. The van der Waals surface area contributed by atoms with E-state index in [0.29, 0.717) is 5.56 Å². The highest BCUT2D eigenvalue weighted by atomic mass is 127. The van der Waals surface area contributed by atoms with Gasteiger partial charge in [-0.15, -0.1) is 0 Å². The van der Waals surface area contributed by atoms with E-state index in [1.807, 2.05) is 45.9 Å². The number of hydrogen-bond acceptors (Lipinski definition) is 3. The first kappa shape index (κ1) is 21.1. The molecule has 8 heteroatoms. The van der Waals surface area contributed by atoms with Crippen molar-refractivity contribution < 1.29 is 13.7 Å². The van der Waals surface area contributed by atoms with Crippen LogP contribution in [0.5, 0.6) is 0 Å². The van der Waals surface area contributed by atoms with Gasteiger partial charge in [0.05, 0.1) is 19.2 Å². The molecule has 0 atom stereocenters. The van der Waals surface area contributed by atoms with Crippen LogP contribution in [-0.2, 0) is 9.31 Å². The van der Waals surface area contributed by atoms with Gasteiger partial charge in [-0.05, 0) is 105 Å². The van der Waals surface area contributed by atoms with Gasteiger partial charge >= 0.3 is 7.12 Å². The quantitative estimate of drug-likeness (QED) is 0.169. The topological polar surface area (TPSA) is 18.5 Å². The summed E-state index contributed by atoms with van der Waals surface area (Å²) in [5.74, 6) is 2.71. The highest BCUT2D eigenvalue weighted by Gasteiger charge is 2.52. The third kappa shape index (κ3) is 4.21. The molecule has 26 heavy (non-hydrogen) atoms. The lowest BCUT2D eigenvalue weighted by molar-refractivity contribution is 0.00578. The van der Waals surface area contributed by atoms with E-state index in [0.717, 1.165) is 16.2 Å². The average Bonchev–Trinajstić information content (AvgIpc) is 2.76. The molecule has 1 heterocycles. The summed E-state index contributed by atoms with van der Waals surface area (Å²) < 4.78 is 26.7. The molecule has 1 fully saturated rings. The summed E-state index contributed by atoms with van der Waals surface area (Å²) in [6, 6.07) is 9.10. The second-order valence-electron chi connectivity index (χ2n) is 6.98. The molecule has 2 nitrogen and oxygen atoms in total. The summed E-state index contributed by atoms with van der Waals surface area (Å²) in [7, 11) is -0.551. The van der Waals surface area contributed by atoms with Crippen molar-refractivity contribution >= 4 is 81.2 Å². The van der Waals surface area contributed by atoms with Crippen LogP contribution in [-0.4, -0.2) is 18.3 Å². The van der Waals surface area contributed by atoms with Crippen molar-refractivity contribution in [1.82, 2.24) is 0 Å². The van der Waals surface area contributed by atoms with E-state index in [9.17, 15) is 4.39 Å². The Balaban J connectivity index is 2.15. The van der Waals surface area contributed by atoms with Gasteiger partial charge in [0.1, 0.15) is 5.82 Å². The van der Waals surface area contributed by atoms with Crippen LogP contribution in [0.25, 0.3) is 10.8 Å². The summed E-state index contributed by atoms with van der Waals surface area (Å²) in [6.45, 7) is 8.05. The molecule has 1 aliphatic heterocycles. The van der Waals surface area contributed by atoms with Gasteiger partial charge in [-0.2, -0.15) is 0 Å². The van der Waals surface area contributed by atoms with E-state index < -0.39 is 18.3 Å². The molecule has 0 spiro atoms. The smallest absolute Gasteiger partial charge is 0.399 e. The summed E-state index contributed by atoms with van der Waals surface area (Å²) in [6.07, 6.45) is 0. The van der Waals surface area contributed by atoms with Crippen LogP contribution in [0.1, 0.15) is 33.3 Å². The molecule has 3 rings (SSSR count). The zero-order chi connectivity index (χ0) is 19.1.